The van der Waals surface area contributed by atoms with Gasteiger partial charge in [0, 0.05) is 12.2 Å². The molecule has 0 spiro atoms. The highest BCUT2D eigenvalue weighted by Gasteiger charge is 2.19. The molecule has 0 bridgehead atoms. The Labute approximate surface area is 161 Å². The molecule has 0 aliphatic carbocycles. The third-order valence-electron chi connectivity index (χ3n) is 3.93. The van der Waals surface area contributed by atoms with Gasteiger partial charge in [-0.25, -0.2) is 27.2 Å². The summed E-state index contributed by atoms with van der Waals surface area (Å²) in [5.74, 6) is 0.570. The van der Waals surface area contributed by atoms with E-state index in [1.807, 2.05) is 13.8 Å². The number of aromatic nitrogens is 4. The minimum Gasteiger partial charge on any atom is -0.271 e. The molecule has 1 aromatic carbocycles. The highest BCUT2D eigenvalue weighted by molar-refractivity contribution is 7.90. The third-order valence-corrected chi connectivity index (χ3v) is 5.69. The SMILES string of the molecule is CC(C)c1nc(Cl)c2c(n1)n(Cc1ccc(S(C)(=O)=O)cc1)c(=O)n2S. The van der Waals surface area contributed by atoms with Gasteiger partial charge in [-0.05, 0) is 17.7 Å². The fourth-order valence-electron chi connectivity index (χ4n) is 2.53. The standard InChI is InChI=1S/C16H17ClN4O3S2/c1-9(2)14-18-13(17)12-15(19-14)20(16(22)21(12)25)8-10-4-6-11(7-5-10)26(3,23)24/h4-7,9,25H,8H2,1-3H3. The minimum atomic E-state index is -3.27. The Balaban J connectivity index is 2.13. The summed E-state index contributed by atoms with van der Waals surface area (Å²) < 4.78 is 25.7. The first kappa shape index (κ1) is 18.9. The Morgan fingerprint density at radius 2 is 1.81 bits per heavy atom. The van der Waals surface area contributed by atoms with Crippen LogP contribution in [-0.4, -0.2) is 33.2 Å². The summed E-state index contributed by atoms with van der Waals surface area (Å²) in [6.07, 6.45) is 1.15. The van der Waals surface area contributed by atoms with Crippen LogP contribution in [0.2, 0.25) is 5.15 Å². The number of benzene rings is 1. The number of hydrogen-bond donors (Lipinski definition) is 1. The van der Waals surface area contributed by atoms with E-state index in [9.17, 15) is 13.2 Å². The van der Waals surface area contributed by atoms with Gasteiger partial charge in [0.05, 0.1) is 11.4 Å². The molecule has 26 heavy (non-hydrogen) atoms. The zero-order valence-corrected chi connectivity index (χ0v) is 16.8. The summed E-state index contributed by atoms with van der Waals surface area (Å²) in [6.45, 7) is 4.07. The number of thiol groups is 1. The maximum atomic E-state index is 12.6. The average molecular weight is 413 g/mol. The maximum Gasteiger partial charge on any atom is 0.340 e. The lowest BCUT2D eigenvalue weighted by Gasteiger charge is -2.07. The molecule has 0 aliphatic rings. The Hall–Kier alpha value is -1.84. The van der Waals surface area contributed by atoms with Crippen LogP contribution in [0.3, 0.4) is 0 Å². The molecule has 138 valence electrons. The molecule has 2 aromatic heterocycles. The van der Waals surface area contributed by atoms with E-state index in [0.29, 0.717) is 17.0 Å². The van der Waals surface area contributed by atoms with Crippen LogP contribution in [0.15, 0.2) is 34.0 Å². The molecule has 2 heterocycles. The summed E-state index contributed by atoms with van der Waals surface area (Å²) >= 11 is 10.4. The van der Waals surface area contributed by atoms with Gasteiger partial charge in [-0.3, -0.25) is 4.57 Å². The Bertz CT molecular complexity index is 1150. The predicted octanol–water partition coefficient (Wildman–Crippen LogP) is 2.51. The van der Waals surface area contributed by atoms with Gasteiger partial charge in [0.25, 0.3) is 0 Å². The van der Waals surface area contributed by atoms with Gasteiger partial charge >= 0.3 is 5.69 Å². The Kier molecular flexibility index (Phi) is 4.89. The van der Waals surface area contributed by atoms with Crippen LogP contribution in [0.25, 0.3) is 11.2 Å². The normalized spacial score (nSPS) is 12.2. The largest absolute Gasteiger partial charge is 0.340 e. The van der Waals surface area contributed by atoms with E-state index in [-0.39, 0.29) is 22.5 Å². The van der Waals surface area contributed by atoms with Crippen molar-refractivity contribution in [3.63, 3.8) is 0 Å². The topological polar surface area (TPSA) is 86.8 Å². The molecule has 3 aromatic rings. The maximum absolute atomic E-state index is 12.6. The first-order valence-corrected chi connectivity index (χ1v) is 10.4. The minimum absolute atomic E-state index is 0.0396. The zero-order chi connectivity index (χ0) is 19.2. The van der Waals surface area contributed by atoms with Crippen molar-refractivity contribution in [3.8, 4) is 0 Å². The van der Waals surface area contributed by atoms with Crippen molar-refractivity contribution in [1.29, 1.82) is 0 Å². The van der Waals surface area contributed by atoms with Gasteiger partial charge in [0.2, 0.25) is 0 Å². The van der Waals surface area contributed by atoms with Crippen LogP contribution in [-0.2, 0) is 16.4 Å². The predicted molar refractivity (Wildman–Crippen MR) is 104 cm³/mol. The third kappa shape index (κ3) is 3.38. The number of rotatable bonds is 4. The number of hydrogen-bond acceptors (Lipinski definition) is 6. The highest BCUT2D eigenvalue weighted by atomic mass is 35.5. The van der Waals surface area contributed by atoms with Gasteiger partial charge < -0.3 is 0 Å². The summed E-state index contributed by atoms with van der Waals surface area (Å²) in [4.78, 5) is 21.5. The van der Waals surface area contributed by atoms with E-state index in [4.69, 9.17) is 11.6 Å². The first-order chi connectivity index (χ1) is 12.1. The van der Waals surface area contributed by atoms with Crippen molar-refractivity contribution < 1.29 is 8.42 Å². The molecule has 0 amide bonds. The fourth-order valence-corrected chi connectivity index (χ4v) is 3.77. The molecule has 10 heteroatoms. The second kappa shape index (κ2) is 6.71. The number of sulfone groups is 1. The monoisotopic (exact) mass is 412 g/mol. The van der Waals surface area contributed by atoms with Crippen LogP contribution >= 0.6 is 24.4 Å². The molecule has 0 unspecified atom stereocenters. The zero-order valence-electron chi connectivity index (χ0n) is 14.3. The molecule has 0 saturated carbocycles. The van der Waals surface area contributed by atoms with Crippen LogP contribution in [0.1, 0.15) is 31.2 Å². The summed E-state index contributed by atoms with van der Waals surface area (Å²) in [5.41, 5.74) is 1.09. The van der Waals surface area contributed by atoms with Gasteiger partial charge in [-0.1, -0.05) is 50.4 Å². The lowest BCUT2D eigenvalue weighted by Crippen LogP contribution is -2.21. The second-order valence-electron chi connectivity index (χ2n) is 6.30. The molecule has 0 N–H and O–H groups in total. The van der Waals surface area contributed by atoms with Crippen LogP contribution in [0.4, 0.5) is 0 Å². The first-order valence-electron chi connectivity index (χ1n) is 7.76. The van der Waals surface area contributed by atoms with Gasteiger partial charge in [-0.2, -0.15) is 0 Å². The molecule has 7 nitrogen and oxygen atoms in total. The molecular formula is C16H17ClN4O3S2. The van der Waals surface area contributed by atoms with Crippen molar-refractivity contribution in [2.45, 2.75) is 31.2 Å². The smallest absolute Gasteiger partial charge is 0.271 e. The fraction of sp³-hybridized carbons (Fsp3) is 0.312. The quantitative estimate of drug-likeness (QED) is 0.525. The van der Waals surface area contributed by atoms with Crippen molar-refractivity contribution in [3.05, 3.63) is 51.3 Å². The van der Waals surface area contributed by atoms with Crippen molar-refractivity contribution in [1.82, 2.24) is 18.5 Å². The molecule has 3 rings (SSSR count). The molecule has 0 atom stereocenters. The van der Waals surface area contributed by atoms with Crippen LogP contribution < -0.4 is 5.69 Å². The van der Waals surface area contributed by atoms with Gasteiger partial charge in [0.15, 0.2) is 20.6 Å². The van der Waals surface area contributed by atoms with E-state index < -0.39 is 15.5 Å². The molecular weight excluding hydrogens is 396 g/mol. The summed E-state index contributed by atoms with van der Waals surface area (Å²) in [7, 11) is -3.27. The average Bonchev–Trinajstić information content (AvgIpc) is 2.79. The van der Waals surface area contributed by atoms with E-state index in [2.05, 4.69) is 22.8 Å². The summed E-state index contributed by atoms with van der Waals surface area (Å²) in [5, 5.41) is 0.164. The Morgan fingerprint density at radius 1 is 1.19 bits per heavy atom. The second-order valence-corrected chi connectivity index (χ2v) is 9.07. The van der Waals surface area contributed by atoms with Crippen molar-refractivity contribution in [2.75, 3.05) is 6.26 Å². The molecule has 0 aliphatic heterocycles. The van der Waals surface area contributed by atoms with Crippen molar-refractivity contribution >= 4 is 45.4 Å². The van der Waals surface area contributed by atoms with Crippen molar-refractivity contribution in [2.24, 2.45) is 0 Å². The van der Waals surface area contributed by atoms with E-state index in [1.54, 1.807) is 12.1 Å². The number of nitrogens with zero attached hydrogens (tertiary/aromatic N) is 4. The number of imidazole rings is 1. The van der Waals surface area contributed by atoms with Gasteiger partial charge in [0.1, 0.15) is 11.3 Å². The number of fused-ring (bicyclic) bond motifs is 1. The lowest BCUT2D eigenvalue weighted by atomic mass is 10.2. The molecule has 0 fully saturated rings. The molecule has 0 saturated heterocycles. The molecule has 0 radical (unpaired) electrons. The number of halogens is 1. The summed E-state index contributed by atoms with van der Waals surface area (Å²) in [6, 6.07) is 6.35. The van der Waals surface area contributed by atoms with E-state index in [0.717, 1.165) is 15.8 Å². The van der Waals surface area contributed by atoms with E-state index in [1.165, 1.54) is 16.7 Å². The highest BCUT2D eigenvalue weighted by Crippen LogP contribution is 2.24. The Morgan fingerprint density at radius 3 is 2.35 bits per heavy atom. The van der Waals surface area contributed by atoms with Crippen LogP contribution in [0.5, 0.6) is 0 Å². The van der Waals surface area contributed by atoms with E-state index >= 15 is 0 Å². The van der Waals surface area contributed by atoms with Crippen LogP contribution in [0, 0.1) is 0 Å². The lowest BCUT2D eigenvalue weighted by molar-refractivity contribution is 0.602. The van der Waals surface area contributed by atoms with Gasteiger partial charge in [-0.15, -0.1) is 0 Å².